The van der Waals surface area contributed by atoms with E-state index in [1.54, 1.807) is 0 Å². The van der Waals surface area contributed by atoms with Crippen molar-refractivity contribution in [1.82, 2.24) is 4.98 Å². The number of rotatable bonds is 6. The Morgan fingerprint density at radius 1 is 1.67 bits per heavy atom. The van der Waals surface area contributed by atoms with E-state index in [0.29, 0.717) is 11.4 Å². The lowest BCUT2D eigenvalue weighted by Crippen LogP contribution is -2.11. The minimum absolute atomic E-state index is 0.0810. The highest BCUT2D eigenvalue weighted by Crippen LogP contribution is 2.19. The summed E-state index contributed by atoms with van der Waals surface area (Å²) < 4.78 is 5.45. The molecule has 1 N–H and O–H groups in total. The van der Waals surface area contributed by atoms with E-state index in [1.165, 1.54) is 24.0 Å². The summed E-state index contributed by atoms with van der Waals surface area (Å²) >= 11 is 1.51. The molecule has 1 unspecified atom stereocenters. The van der Waals surface area contributed by atoms with Gasteiger partial charge < -0.3 is 9.72 Å². The van der Waals surface area contributed by atoms with E-state index < -0.39 is 4.92 Å². The van der Waals surface area contributed by atoms with Crippen molar-refractivity contribution in [3.63, 3.8) is 0 Å². The lowest BCUT2D eigenvalue weighted by atomic mass is 10.3. The van der Waals surface area contributed by atoms with Gasteiger partial charge in [-0.1, -0.05) is 0 Å². The summed E-state index contributed by atoms with van der Waals surface area (Å²) in [4.78, 5) is 24.3. The van der Waals surface area contributed by atoms with Gasteiger partial charge in [0.15, 0.2) is 5.78 Å². The number of Topliss-reactive ketones (excluding diaryl/α,β-unsaturated/α-hetero) is 1. The minimum atomic E-state index is -0.521. The zero-order valence-electron chi connectivity index (χ0n) is 9.76. The van der Waals surface area contributed by atoms with Crippen LogP contribution in [-0.4, -0.2) is 39.9 Å². The Balaban J connectivity index is 1.77. The summed E-state index contributed by atoms with van der Waals surface area (Å²) in [6.07, 6.45) is 3.62. The third-order valence-electron chi connectivity index (χ3n) is 2.74. The fraction of sp³-hybridized carbons (Fsp3) is 0.545. The number of nitrogens with one attached hydrogen (secondary N) is 1. The van der Waals surface area contributed by atoms with Crippen LogP contribution in [0.2, 0.25) is 0 Å². The van der Waals surface area contributed by atoms with E-state index in [1.807, 2.05) is 0 Å². The largest absolute Gasteiger partial charge is 0.377 e. The molecule has 7 heteroatoms. The van der Waals surface area contributed by atoms with Crippen LogP contribution in [0.15, 0.2) is 12.3 Å². The third kappa shape index (κ3) is 3.33. The third-order valence-corrected chi connectivity index (χ3v) is 3.81. The van der Waals surface area contributed by atoms with Crippen molar-refractivity contribution in [2.75, 3.05) is 18.1 Å². The van der Waals surface area contributed by atoms with Crippen LogP contribution in [-0.2, 0) is 4.74 Å². The molecule has 1 fully saturated rings. The molecule has 1 aromatic rings. The first-order valence-electron chi connectivity index (χ1n) is 5.72. The Labute approximate surface area is 108 Å². The van der Waals surface area contributed by atoms with Crippen molar-refractivity contribution < 1.29 is 14.5 Å². The molecule has 0 amide bonds. The van der Waals surface area contributed by atoms with Crippen LogP contribution >= 0.6 is 11.8 Å². The van der Waals surface area contributed by atoms with Gasteiger partial charge in [-0.3, -0.25) is 14.9 Å². The Kier molecular flexibility index (Phi) is 4.38. The molecule has 98 valence electrons. The predicted octanol–water partition coefficient (Wildman–Crippen LogP) is 2.02. The van der Waals surface area contributed by atoms with E-state index in [4.69, 9.17) is 4.74 Å². The average Bonchev–Trinajstić information content (AvgIpc) is 2.99. The maximum absolute atomic E-state index is 11.7. The summed E-state index contributed by atoms with van der Waals surface area (Å²) in [6, 6.07) is 1.27. The molecule has 1 aliphatic heterocycles. The Bertz CT molecular complexity index is 440. The molecular formula is C11H14N2O4S. The Hall–Kier alpha value is -1.34. The molecule has 0 saturated carbocycles. The van der Waals surface area contributed by atoms with Crippen molar-refractivity contribution in [2.24, 2.45) is 0 Å². The summed E-state index contributed by atoms with van der Waals surface area (Å²) in [6.45, 7) is 0.808. The first kappa shape index (κ1) is 13.1. The number of H-pyrrole nitrogens is 1. The van der Waals surface area contributed by atoms with Crippen molar-refractivity contribution >= 4 is 23.2 Å². The number of hydrogen-bond donors (Lipinski definition) is 1. The number of nitro groups is 1. The Morgan fingerprint density at radius 3 is 3.11 bits per heavy atom. The van der Waals surface area contributed by atoms with Crippen LogP contribution in [0.4, 0.5) is 5.69 Å². The molecule has 0 bridgehead atoms. The topological polar surface area (TPSA) is 85.2 Å². The monoisotopic (exact) mass is 270 g/mol. The maximum atomic E-state index is 11.7. The molecule has 0 aromatic carbocycles. The van der Waals surface area contributed by atoms with Gasteiger partial charge in [0, 0.05) is 18.4 Å². The number of thioether (sulfide) groups is 1. The molecule has 1 aromatic heterocycles. The summed E-state index contributed by atoms with van der Waals surface area (Å²) in [5.74, 6) is 0.998. The smallest absolute Gasteiger partial charge is 0.287 e. The normalized spacial score (nSPS) is 19.0. The van der Waals surface area contributed by atoms with Crippen LogP contribution in [0.1, 0.15) is 23.3 Å². The second-order valence-corrected chi connectivity index (χ2v) is 5.13. The van der Waals surface area contributed by atoms with Gasteiger partial charge in [0.2, 0.25) is 0 Å². The fourth-order valence-corrected chi connectivity index (χ4v) is 2.77. The number of carbonyl (C=O) groups excluding carboxylic acids is 1. The zero-order valence-corrected chi connectivity index (χ0v) is 10.6. The van der Waals surface area contributed by atoms with Crippen molar-refractivity contribution in [3.05, 3.63) is 28.1 Å². The van der Waals surface area contributed by atoms with Gasteiger partial charge in [-0.05, 0) is 12.8 Å². The lowest BCUT2D eigenvalue weighted by Gasteiger charge is -2.07. The van der Waals surface area contributed by atoms with Crippen LogP contribution in [0.25, 0.3) is 0 Å². The predicted molar refractivity (Wildman–Crippen MR) is 68.1 cm³/mol. The number of aromatic nitrogens is 1. The minimum Gasteiger partial charge on any atom is -0.377 e. The van der Waals surface area contributed by atoms with E-state index in [0.717, 1.165) is 25.2 Å². The highest BCUT2D eigenvalue weighted by molar-refractivity contribution is 8.00. The van der Waals surface area contributed by atoms with Gasteiger partial charge in [-0.2, -0.15) is 11.8 Å². The first-order chi connectivity index (χ1) is 8.66. The SMILES string of the molecule is O=C(CSCC1CCCO1)c1cc([N+](=O)[O-])c[nH]1. The highest BCUT2D eigenvalue weighted by Gasteiger charge is 2.18. The van der Waals surface area contributed by atoms with Gasteiger partial charge in [-0.25, -0.2) is 0 Å². The van der Waals surface area contributed by atoms with Crippen molar-refractivity contribution in [1.29, 1.82) is 0 Å². The van der Waals surface area contributed by atoms with E-state index in [-0.39, 0.29) is 17.6 Å². The molecule has 18 heavy (non-hydrogen) atoms. The standard InChI is InChI=1S/C11H14N2O4S/c14-11(7-18-6-9-2-1-3-17-9)10-4-8(5-12-10)13(15)16/h4-5,9,12H,1-3,6-7H2. The fourth-order valence-electron chi connectivity index (χ4n) is 1.79. The number of aromatic amines is 1. The molecule has 1 aliphatic rings. The highest BCUT2D eigenvalue weighted by atomic mass is 32.2. The summed E-state index contributed by atoms with van der Waals surface area (Å²) in [5.41, 5.74) is 0.212. The maximum Gasteiger partial charge on any atom is 0.287 e. The molecule has 0 aliphatic carbocycles. The number of hydrogen-bond acceptors (Lipinski definition) is 5. The number of carbonyl (C=O) groups is 1. The van der Waals surface area contributed by atoms with Gasteiger partial charge in [0.25, 0.3) is 5.69 Å². The van der Waals surface area contributed by atoms with Crippen LogP contribution < -0.4 is 0 Å². The molecule has 1 saturated heterocycles. The number of ether oxygens (including phenoxy) is 1. The average molecular weight is 270 g/mol. The van der Waals surface area contributed by atoms with Gasteiger partial charge >= 0.3 is 0 Å². The molecular weight excluding hydrogens is 256 g/mol. The zero-order chi connectivity index (χ0) is 13.0. The molecule has 2 heterocycles. The molecule has 0 radical (unpaired) electrons. The quantitative estimate of drug-likeness (QED) is 0.485. The molecule has 2 rings (SSSR count). The lowest BCUT2D eigenvalue weighted by molar-refractivity contribution is -0.384. The molecule has 0 spiro atoms. The van der Waals surface area contributed by atoms with Gasteiger partial charge in [0.1, 0.15) is 0 Å². The first-order valence-corrected chi connectivity index (χ1v) is 6.87. The number of ketones is 1. The Morgan fingerprint density at radius 2 is 2.50 bits per heavy atom. The number of nitrogens with zero attached hydrogens (tertiary/aromatic N) is 1. The summed E-state index contributed by atoms with van der Waals surface area (Å²) in [5, 5.41) is 10.5. The van der Waals surface area contributed by atoms with Gasteiger partial charge in [0.05, 0.1) is 28.7 Å². The second kappa shape index (κ2) is 6.01. The summed E-state index contributed by atoms with van der Waals surface area (Å²) in [7, 11) is 0. The van der Waals surface area contributed by atoms with Crippen LogP contribution in [0, 0.1) is 10.1 Å². The van der Waals surface area contributed by atoms with E-state index >= 15 is 0 Å². The van der Waals surface area contributed by atoms with Crippen molar-refractivity contribution in [3.8, 4) is 0 Å². The van der Waals surface area contributed by atoms with E-state index in [9.17, 15) is 14.9 Å². The molecule has 6 nitrogen and oxygen atoms in total. The van der Waals surface area contributed by atoms with Crippen LogP contribution in [0.5, 0.6) is 0 Å². The molecule has 1 atom stereocenters. The van der Waals surface area contributed by atoms with E-state index in [2.05, 4.69) is 4.98 Å². The van der Waals surface area contributed by atoms with Crippen LogP contribution in [0.3, 0.4) is 0 Å². The van der Waals surface area contributed by atoms with Gasteiger partial charge in [-0.15, -0.1) is 0 Å². The van der Waals surface area contributed by atoms with Crippen molar-refractivity contribution in [2.45, 2.75) is 18.9 Å². The second-order valence-electron chi connectivity index (χ2n) is 4.10.